The van der Waals surface area contributed by atoms with Crippen molar-refractivity contribution in [3.63, 3.8) is 0 Å². The maximum atomic E-state index is 14.0. The molecule has 3 heterocycles. The molecule has 172 valence electrons. The summed E-state index contributed by atoms with van der Waals surface area (Å²) in [6, 6.07) is 10.5. The number of morpholine rings is 1. The number of ether oxygens (including phenoxy) is 1. The van der Waals surface area contributed by atoms with Crippen LogP contribution in [-0.2, 0) is 22.6 Å². The molecule has 0 spiro atoms. The van der Waals surface area contributed by atoms with Crippen LogP contribution >= 0.6 is 11.6 Å². The Bertz CT molecular complexity index is 1180. The van der Waals surface area contributed by atoms with Gasteiger partial charge in [0, 0.05) is 37.4 Å². The van der Waals surface area contributed by atoms with Crippen LogP contribution in [0.2, 0.25) is 5.02 Å². The van der Waals surface area contributed by atoms with E-state index in [1.807, 2.05) is 4.57 Å². The highest BCUT2D eigenvalue weighted by Gasteiger charge is 2.32. The Morgan fingerprint density at radius 1 is 1.18 bits per heavy atom. The van der Waals surface area contributed by atoms with Crippen molar-refractivity contribution in [2.24, 2.45) is 0 Å². The molecule has 2 aliphatic rings. The maximum absolute atomic E-state index is 14.0. The molecule has 1 fully saturated rings. The highest BCUT2D eigenvalue weighted by molar-refractivity contribution is 6.30. The van der Waals surface area contributed by atoms with E-state index in [9.17, 15) is 13.6 Å². The van der Waals surface area contributed by atoms with Crippen LogP contribution in [-0.4, -0.2) is 52.7 Å². The SMILES string of the molecule is O=C(C1CNCCO1)N1CCn2c(nc(-c3ccc(F)cc3)c2Nc2ccc(Cl)c(F)c2)C1. The summed E-state index contributed by atoms with van der Waals surface area (Å²) >= 11 is 5.82. The van der Waals surface area contributed by atoms with Crippen molar-refractivity contribution in [2.45, 2.75) is 19.2 Å². The Morgan fingerprint density at radius 2 is 2.00 bits per heavy atom. The molecule has 0 aliphatic carbocycles. The van der Waals surface area contributed by atoms with Gasteiger partial charge in [-0.2, -0.15) is 0 Å². The molecule has 7 nitrogen and oxygen atoms in total. The fourth-order valence-electron chi connectivity index (χ4n) is 4.09. The van der Waals surface area contributed by atoms with Gasteiger partial charge >= 0.3 is 0 Å². The summed E-state index contributed by atoms with van der Waals surface area (Å²) in [6.45, 7) is 3.00. The number of carbonyl (C=O) groups is 1. The molecule has 1 unspecified atom stereocenters. The quantitative estimate of drug-likeness (QED) is 0.606. The number of imidazole rings is 1. The van der Waals surface area contributed by atoms with E-state index in [0.717, 1.165) is 6.54 Å². The lowest BCUT2D eigenvalue weighted by atomic mass is 10.1. The summed E-state index contributed by atoms with van der Waals surface area (Å²) < 4.78 is 35.1. The maximum Gasteiger partial charge on any atom is 0.253 e. The highest BCUT2D eigenvalue weighted by Crippen LogP contribution is 2.34. The van der Waals surface area contributed by atoms with Gasteiger partial charge in [-0.15, -0.1) is 0 Å². The molecular weight excluding hydrogens is 452 g/mol. The standard InChI is InChI=1S/C23H22ClF2N5O2/c24-17-6-5-16(11-18(17)26)28-22-21(14-1-3-15(25)4-2-14)29-20-13-30(8-9-31(20)22)23(32)19-12-27-7-10-33-19/h1-6,11,19,27-28H,7-10,12-13H2. The van der Waals surface area contributed by atoms with Gasteiger partial charge in [-0.25, -0.2) is 13.8 Å². The monoisotopic (exact) mass is 473 g/mol. The second kappa shape index (κ2) is 9.09. The van der Waals surface area contributed by atoms with E-state index in [2.05, 4.69) is 10.6 Å². The molecule has 33 heavy (non-hydrogen) atoms. The molecule has 2 aromatic carbocycles. The second-order valence-electron chi connectivity index (χ2n) is 7.96. The zero-order valence-corrected chi connectivity index (χ0v) is 18.4. The summed E-state index contributed by atoms with van der Waals surface area (Å²) in [4.78, 5) is 19.4. The third-order valence-corrected chi connectivity index (χ3v) is 6.09. The minimum Gasteiger partial charge on any atom is -0.366 e. The zero-order valence-electron chi connectivity index (χ0n) is 17.7. The van der Waals surface area contributed by atoms with Gasteiger partial charge in [0.15, 0.2) is 0 Å². The minimum atomic E-state index is -0.541. The van der Waals surface area contributed by atoms with Gasteiger partial charge in [0.25, 0.3) is 5.91 Å². The smallest absolute Gasteiger partial charge is 0.253 e. The van der Waals surface area contributed by atoms with Gasteiger partial charge in [0.2, 0.25) is 0 Å². The predicted octanol–water partition coefficient (Wildman–Crippen LogP) is 3.56. The highest BCUT2D eigenvalue weighted by atomic mass is 35.5. The Labute approximate surface area is 194 Å². The average molecular weight is 474 g/mol. The summed E-state index contributed by atoms with van der Waals surface area (Å²) in [5.41, 5.74) is 1.79. The summed E-state index contributed by atoms with van der Waals surface area (Å²) in [6.07, 6.45) is -0.508. The lowest BCUT2D eigenvalue weighted by molar-refractivity contribution is -0.146. The van der Waals surface area contributed by atoms with Crippen LogP contribution in [0.3, 0.4) is 0 Å². The molecule has 0 bridgehead atoms. The first kappa shape index (κ1) is 21.8. The lowest BCUT2D eigenvalue weighted by Gasteiger charge is -2.32. The first-order chi connectivity index (χ1) is 16.0. The number of benzene rings is 2. The van der Waals surface area contributed by atoms with Crippen LogP contribution < -0.4 is 10.6 Å². The predicted molar refractivity (Wildman–Crippen MR) is 120 cm³/mol. The number of rotatable bonds is 4. The number of amides is 1. The van der Waals surface area contributed by atoms with E-state index in [1.54, 1.807) is 23.1 Å². The van der Waals surface area contributed by atoms with Gasteiger partial charge in [-0.3, -0.25) is 4.79 Å². The average Bonchev–Trinajstić information content (AvgIpc) is 3.19. The Balaban J connectivity index is 1.48. The number of hydrogen-bond acceptors (Lipinski definition) is 5. The van der Waals surface area contributed by atoms with E-state index in [-0.39, 0.29) is 16.7 Å². The Morgan fingerprint density at radius 3 is 2.73 bits per heavy atom. The molecule has 0 saturated carbocycles. The summed E-state index contributed by atoms with van der Waals surface area (Å²) in [5, 5.41) is 6.44. The van der Waals surface area contributed by atoms with Crippen molar-refractivity contribution in [3.05, 3.63) is 64.9 Å². The van der Waals surface area contributed by atoms with E-state index >= 15 is 0 Å². The van der Waals surface area contributed by atoms with Crippen LogP contribution in [0.15, 0.2) is 42.5 Å². The second-order valence-corrected chi connectivity index (χ2v) is 8.37. The van der Waals surface area contributed by atoms with Crippen molar-refractivity contribution in [3.8, 4) is 11.3 Å². The Hall–Kier alpha value is -3.01. The minimum absolute atomic E-state index is 0.0307. The molecule has 2 N–H and O–H groups in total. The molecule has 3 aromatic rings. The normalized spacial score (nSPS) is 18.2. The van der Waals surface area contributed by atoms with Crippen LogP contribution in [0.5, 0.6) is 0 Å². The molecule has 1 aromatic heterocycles. The first-order valence-electron chi connectivity index (χ1n) is 10.7. The Kier molecular flexibility index (Phi) is 6.01. The molecule has 1 saturated heterocycles. The fourth-order valence-corrected chi connectivity index (χ4v) is 4.21. The van der Waals surface area contributed by atoms with E-state index in [4.69, 9.17) is 21.3 Å². The van der Waals surface area contributed by atoms with Gasteiger partial charge in [-0.05, 0) is 42.5 Å². The fraction of sp³-hybridized carbons (Fsp3) is 0.304. The number of aromatic nitrogens is 2. The van der Waals surface area contributed by atoms with E-state index < -0.39 is 11.9 Å². The van der Waals surface area contributed by atoms with Crippen LogP contribution in [0.4, 0.5) is 20.3 Å². The van der Waals surface area contributed by atoms with Crippen LogP contribution in [0, 0.1) is 11.6 Å². The van der Waals surface area contributed by atoms with Crippen molar-refractivity contribution >= 4 is 29.0 Å². The van der Waals surface area contributed by atoms with Crippen molar-refractivity contribution in [1.82, 2.24) is 19.8 Å². The number of fused-ring (bicyclic) bond motifs is 1. The third-order valence-electron chi connectivity index (χ3n) is 5.79. The van der Waals surface area contributed by atoms with Gasteiger partial charge < -0.3 is 24.8 Å². The molecule has 1 amide bonds. The van der Waals surface area contributed by atoms with Gasteiger partial charge in [0.1, 0.15) is 35.1 Å². The number of carbonyl (C=O) groups excluding carboxylic acids is 1. The molecule has 5 rings (SSSR count). The number of nitrogens with zero attached hydrogens (tertiary/aromatic N) is 3. The van der Waals surface area contributed by atoms with E-state index in [0.29, 0.717) is 61.4 Å². The number of nitrogens with one attached hydrogen (secondary N) is 2. The largest absolute Gasteiger partial charge is 0.366 e. The molecule has 1 atom stereocenters. The zero-order chi connectivity index (χ0) is 22.9. The molecule has 10 heteroatoms. The third kappa shape index (κ3) is 4.44. The number of anilines is 2. The summed E-state index contributed by atoms with van der Waals surface area (Å²) in [7, 11) is 0. The number of hydrogen-bond donors (Lipinski definition) is 2. The van der Waals surface area contributed by atoms with E-state index in [1.165, 1.54) is 24.3 Å². The molecular formula is C23H22ClF2N5O2. The van der Waals surface area contributed by atoms with Gasteiger partial charge in [-0.1, -0.05) is 11.6 Å². The van der Waals surface area contributed by atoms with Crippen molar-refractivity contribution in [1.29, 1.82) is 0 Å². The first-order valence-corrected chi connectivity index (χ1v) is 11.1. The lowest BCUT2D eigenvalue weighted by Crippen LogP contribution is -2.51. The molecule has 0 radical (unpaired) electrons. The van der Waals surface area contributed by atoms with Crippen LogP contribution in [0.25, 0.3) is 11.3 Å². The number of halogens is 3. The van der Waals surface area contributed by atoms with Crippen molar-refractivity contribution in [2.75, 3.05) is 31.6 Å². The van der Waals surface area contributed by atoms with Crippen molar-refractivity contribution < 1.29 is 18.3 Å². The summed E-state index contributed by atoms with van der Waals surface area (Å²) in [5.74, 6) is 0.348. The molecule has 2 aliphatic heterocycles. The van der Waals surface area contributed by atoms with Gasteiger partial charge in [0.05, 0.1) is 18.2 Å². The van der Waals surface area contributed by atoms with Crippen LogP contribution in [0.1, 0.15) is 5.82 Å². The topological polar surface area (TPSA) is 71.4 Å².